The van der Waals surface area contributed by atoms with Crippen molar-refractivity contribution in [1.82, 2.24) is 4.90 Å². The Morgan fingerprint density at radius 3 is 2.67 bits per heavy atom. The Morgan fingerprint density at radius 1 is 1.33 bits per heavy atom. The summed E-state index contributed by atoms with van der Waals surface area (Å²) < 4.78 is 0. The number of nitrogens with zero attached hydrogens (tertiary/aromatic N) is 1. The average Bonchev–Trinajstić information content (AvgIpc) is 2.55. The molecule has 0 aliphatic carbocycles. The van der Waals surface area contributed by atoms with Gasteiger partial charge in [0.25, 0.3) is 0 Å². The molecule has 1 saturated heterocycles. The van der Waals surface area contributed by atoms with Crippen LogP contribution in [0.3, 0.4) is 0 Å². The van der Waals surface area contributed by atoms with E-state index < -0.39 is 0 Å². The van der Waals surface area contributed by atoms with Crippen LogP contribution in [0.25, 0.3) is 0 Å². The monoisotopic (exact) mass is 254 g/mol. The second-order valence-electron chi connectivity index (χ2n) is 6.08. The molecular weight excluding hydrogens is 224 g/mol. The van der Waals surface area contributed by atoms with Gasteiger partial charge < -0.3 is 10.6 Å². The van der Waals surface area contributed by atoms with Gasteiger partial charge in [0.2, 0.25) is 5.91 Å². The average molecular weight is 254 g/mol. The minimum absolute atomic E-state index is 0.00666. The fourth-order valence-electron chi connectivity index (χ4n) is 2.68. The van der Waals surface area contributed by atoms with E-state index in [1.165, 1.54) is 25.7 Å². The van der Waals surface area contributed by atoms with Gasteiger partial charge in [-0.3, -0.25) is 4.79 Å². The van der Waals surface area contributed by atoms with Crippen molar-refractivity contribution in [2.24, 2.45) is 17.6 Å². The summed E-state index contributed by atoms with van der Waals surface area (Å²) in [4.78, 5) is 14.2. The number of nitrogens with two attached hydrogens (primary N) is 1. The first kappa shape index (κ1) is 15.5. The minimum atomic E-state index is 0.00666. The number of amides is 1. The third-order valence-corrected chi connectivity index (χ3v) is 4.16. The van der Waals surface area contributed by atoms with Crippen LogP contribution in [0.1, 0.15) is 59.3 Å². The van der Waals surface area contributed by atoms with Gasteiger partial charge in [0.1, 0.15) is 0 Å². The second-order valence-corrected chi connectivity index (χ2v) is 6.08. The zero-order valence-electron chi connectivity index (χ0n) is 12.3. The maximum Gasteiger partial charge on any atom is 0.224 e. The first-order valence-electron chi connectivity index (χ1n) is 7.58. The Morgan fingerprint density at radius 2 is 2.06 bits per heavy atom. The lowest BCUT2D eigenvalue weighted by atomic mass is 9.96. The molecule has 1 fully saturated rings. The highest BCUT2D eigenvalue weighted by Gasteiger charge is 2.22. The highest BCUT2D eigenvalue weighted by atomic mass is 16.2. The Balaban J connectivity index is 2.40. The molecule has 0 bridgehead atoms. The van der Waals surface area contributed by atoms with Crippen molar-refractivity contribution in [1.29, 1.82) is 0 Å². The molecule has 0 aromatic carbocycles. The molecule has 2 atom stereocenters. The Labute approximate surface area is 112 Å². The lowest BCUT2D eigenvalue weighted by Gasteiger charge is -2.23. The van der Waals surface area contributed by atoms with E-state index in [2.05, 4.69) is 20.8 Å². The van der Waals surface area contributed by atoms with E-state index in [0.29, 0.717) is 12.3 Å². The van der Waals surface area contributed by atoms with Crippen LogP contribution >= 0.6 is 0 Å². The minimum Gasteiger partial charge on any atom is -0.343 e. The number of rotatable bonds is 5. The zero-order valence-corrected chi connectivity index (χ0v) is 12.3. The van der Waals surface area contributed by atoms with Crippen molar-refractivity contribution in [2.45, 2.75) is 65.3 Å². The molecule has 1 rings (SSSR count). The number of hydrogen-bond donors (Lipinski definition) is 1. The molecule has 1 heterocycles. The molecule has 106 valence electrons. The summed E-state index contributed by atoms with van der Waals surface area (Å²) >= 11 is 0. The SMILES string of the molecule is CCCC1CCCN(C(=O)CC(N)C(C)C)CC1. The van der Waals surface area contributed by atoms with Crippen molar-refractivity contribution in [3.8, 4) is 0 Å². The van der Waals surface area contributed by atoms with E-state index in [1.54, 1.807) is 0 Å². The standard InChI is InChI=1S/C15H30N2O/c1-4-6-13-7-5-9-17(10-8-13)15(18)11-14(16)12(2)3/h12-14H,4-11,16H2,1-3H3. The summed E-state index contributed by atoms with van der Waals surface area (Å²) in [7, 11) is 0. The molecule has 3 nitrogen and oxygen atoms in total. The fraction of sp³-hybridized carbons (Fsp3) is 0.933. The van der Waals surface area contributed by atoms with Crippen molar-refractivity contribution >= 4 is 5.91 Å². The molecule has 1 amide bonds. The van der Waals surface area contributed by atoms with Crippen LogP contribution in [0.15, 0.2) is 0 Å². The quantitative estimate of drug-likeness (QED) is 0.820. The number of hydrogen-bond acceptors (Lipinski definition) is 2. The smallest absolute Gasteiger partial charge is 0.224 e. The van der Waals surface area contributed by atoms with Gasteiger partial charge in [0.15, 0.2) is 0 Å². The molecule has 1 aliphatic rings. The van der Waals surface area contributed by atoms with Gasteiger partial charge in [0, 0.05) is 25.6 Å². The molecule has 0 saturated carbocycles. The van der Waals surface area contributed by atoms with Gasteiger partial charge in [-0.05, 0) is 31.1 Å². The van der Waals surface area contributed by atoms with E-state index in [1.807, 2.05) is 4.90 Å². The summed E-state index contributed by atoms with van der Waals surface area (Å²) in [6.07, 6.45) is 6.71. The highest BCUT2D eigenvalue weighted by Crippen LogP contribution is 2.22. The third-order valence-electron chi connectivity index (χ3n) is 4.16. The summed E-state index contributed by atoms with van der Waals surface area (Å²) in [6.45, 7) is 8.28. The first-order chi connectivity index (χ1) is 8.54. The predicted octanol–water partition coefficient (Wildman–Crippen LogP) is 2.79. The van der Waals surface area contributed by atoms with E-state index in [-0.39, 0.29) is 11.9 Å². The molecule has 2 unspecified atom stereocenters. The molecular formula is C15H30N2O. The van der Waals surface area contributed by atoms with E-state index in [0.717, 1.165) is 25.4 Å². The Bertz CT molecular complexity index is 253. The number of carbonyl (C=O) groups is 1. The summed E-state index contributed by atoms with van der Waals surface area (Å²) in [5.41, 5.74) is 5.99. The summed E-state index contributed by atoms with van der Waals surface area (Å²) in [6, 6.07) is 0.00666. The van der Waals surface area contributed by atoms with Crippen molar-refractivity contribution in [3.05, 3.63) is 0 Å². The Hall–Kier alpha value is -0.570. The second kappa shape index (κ2) is 7.78. The van der Waals surface area contributed by atoms with Gasteiger partial charge in [0.05, 0.1) is 0 Å². The van der Waals surface area contributed by atoms with Crippen molar-refractivity contribution in [2.75, 3.05) is 13.1 Å². The molecule has 0 radical (unpaired) electrons. The van der Waals surface area contributed by atoms with Crippen LogP contribution in [0, 0.1) is 11.8 Å². The summed E-state index contributed by atoms with van der Waals surface area (Å²) in [5, 5.41) is 0. The first-order valence-corrected chi connectivity index (χ1v) is 7.58. The van der Waals surface area contributed by atoms with Gasteiger partial charge in [-0.2, -0.15) is 0 Å². The zero-order chi connectivity index (χ0) is 13.5. The van der Waals surface area contributed by atoms with Gasteiger partial charge in [-0.15, -0.1) is 0 Å². The molecule has 0 aromatic rings. The van der Waals surface area contributed by atoms with Crippen LogP contribution in [0.5, 0.6) is 0 Å². The van der Waals surface area contributed by atoms with Gasteiger partial charge >= 0.3 is 0 Å². The maximum atomic E-state index is 12.2. The van der Waals surface area contributed by atoms with Gasteiger partial charge in [-0.1, -0.05) is 33.6 Å². The van der Waals surface area contributed by atoms with Crippen LogP contribution in [-0.2, 0) is 4.79 Å². The highest BCUT2D eigenvalue weighted by molar-refractivity contribution is 5.76. The predicted molar refractivity (Wildman–Crippen MR) is 76.3 cm³/mol. The van der Waals surface area contributed by atoms with Crippen LogP contribution in [0.2, 0.25) is 0 Å². The number of carbonyl (C=O) groups excluding carboxylic acids is 1. The van der Waals surface area contributed by atoms with E-state index >= 15 is 0 Å². The molecule has 3 heteroatoms. The van der Waals surface area contributed by atoms with Gasteiger partial charge in [-0.25, -0.2) is 0 Å². The van der Waals surface area contributed by atoms with Crippen molar-refractivity contribution in [3.63, 3.8) is 0 Å². The maximum absolute atomic E-state index is 12.2. The van der Waals surface area contributed by atoms with Crippen LogP contribution in [-0.4, -0.2) is 29.9 Å². The Kier molecular flexibility index (Phi) is 6.69. The van der Waals surface area contributed by atoms with Crippen LogP contribution in [0.4, 0.5) is 0 Å². The summed E-state index contributed by atoms with van der Waals surface area (Å²) in [5.74, 6) is 1.47. The van der Waals surface area contributed by atoms with E-state index in [9.17, 15) is 4.79 Å². The topological polar surface area (TPSA) is 46.3 Å². The molecule has 0 aromatic heterocycles. The fourth-order valence-corrected chi connectivity index (χ4v) is 2.68. The van der Waals surface area contributed by atoms with E-state index in [4.69, 9.17) is 5.73 Å². The number of likely N-dealkylation sites (tertiary alicyclic amines) is 1. The lowest BCUT2D eigenvalue weighted by Crippen LogP contribution is -2.38. The molecule has 0 spiro atoms. The molecule has 2 N–H and O–H groups in total. The lowest BCUT2D eigenvalue weighted by molar-refractivity contribution is -0.131. The van der Waals surface area contributed by atoms with Crippen LogP contribution < -0.4 is 5.73 Å². The van der Waals surface area contributed by atoms with Crippen molar-refractivity contribution < 1.29 is 4.79 Å². The third kappa shape index (κ3) is 4.97. The molecule has 18 heavy (non-hydrogen) atoms. The largest absolute Gasteiger partial charge is 0.343 e. The normalized spacial score (nSPS) is 22.9. The molecule has 1 aliphatic heterocycles.